The lowest BCUT2D eigenvalue weighted by atomic mass is 9.91. The summed E-state index contributed by atoms with van der Waals surface area (Å²) in [4.78, 5) is 7.40. The Kier molecular flexibility index (Phi) is 4.07. The molecule has 0 bridgehead atoms. The molecule has 5 aromatic rings. The van der Waals surface area contributed by atoms with Crippen molar-refractivity contribution >= 4 is 38.6 Å². The molecule has 0 fully saturated rings. The van der Waals surface area contributed by atoms with Gasteiger partial charge in [-0.25, -0.2) is 0 Å². The molecule has 0 amide bonds. The molecule has 4 aromatic carbocycles. The standard InChI is InChI=1S/C29H24N2/c1-19(2)16-20-14-15-22-18-30-28-24-12-6-8-21-9-7-13-26(27(21)24)31(29(28)25(22)17-20)23-10-4-3-5-11-23/h3-15,17-19H,16H2,1-2H3. The summed E-state index contributed by atoms with van der Waals surface area (Å²) in [5, 5.41) is 4.96. The van der Waals surface area contributed by atoms with Gasteiger partial charge in [-0.1, -0.05) is 74.5 Å². The quantitative estimate of drug-likeness (QED) is 0.299. The first-order chi connectivity index (χ1) is 15.2. The van der Waals surface area contributed by atoms with Crippen molar-refractivity contribution < 1.29 is 0 Å². The highest BCUT2D eigenvalue weighted by molar-refractivity contribution is 6.17. The van der Waals surface area contributed by atoms with E-state index >= 15 is 0 Å². The Morgan fingerprint density at radius 1 is 0.806 bits per heavy atom. The maximum Gasteiger partial charge on any atom is 0.0956 e. The molecule has 0 radical (unpaired) electrons. The van der Waals surface area contributed by atoms with Crippen LogP contribution in [0.3, 0.4) is 0 Å². The van der Waals surface area contributed by atoms with E-state index in [0.29, 0.717) is 5.92 Å². The second-order valence-corrected chi connectivity index (χ2v) is 8.83. The molecule has 0 aliphatic carbocycles. The predicted octanol–water partition coefficient (Wildman–Crippen LogP) is 8.04. The molecule has 2 heteroatoms. The summed E-state index contributed by atoms with van der Waals surface area (Å²) in [7, 11) is 0. The van der Waals surface area contributed by atoms with Crippen LogP contribution in [0.4, 0.5) is 17.1 Å². The van der Waals surface area contributed by atoms with Crippen LogP contribution in [-0.2, 0) is 6.42 Å². The highest BCUT2D eigenvalue weighted by Crippen LogP contribution is 2.52. The number of hydrogen-bond acceptors (Lipinski definition) is 2. The van der Waals surface area contributed by atoms with Crippen LogP contribution in [-0.4, -0.2) is 4.98 Å². The smallest absolute Gasteiger partial charge is 0.0956 e. The van der Waals surface area contributed by atoms with E-state index in [1.165, 1.54) is 44.0 Å². The average Bonchev–Trinajstić information content (AvgIpc) is 2.79. The number of aromatic nitrogens is 1. The van der Waals surface area contributed by atoms with Crippen LogP contribution < -0.4 is 4.90 Å². The summed E-state index contributed by atoms with van der Waals surface area (Å²) in [5.74, 6) is 0.620. The molecule has 2 heterocycles. The third kappa shape index (κ3) is 2.83. The molecule has 2 nitrogen and oxygen atoms in total. The van der Waals surface area contributed by atoms with E-state index in [0.717, 1.165) is 17.8 Å². The van der Waals surface area contributed by atoms with Crippen molar-refractivity contribution in [1.29, 1.82) is 0 Å². The lowest BCUT2D eigenvalue weighted by Crippen LogP contribution is -2.16. The Morgan fingerprint density at radius 3 is 2.42 bits per heavy atom. The minimum Gasteiger partial charge on any atom is -0.307 e. The fraction of sp³-hybridized carbons (Fsp3) is 0.138. The topological polar surface area (TPSA) is 16.1 Å². The number of fused-ring (bicyclic) bond motifs is 4. The molecule has 31 heavy (non-hydrogen) atoms. The van der Waals surface area contributed by atoms with Crippen molar-refractivity contribution in [1.82, 2.24) is 4.98 Å². The van der Waals surface area contributed by atoms with Gasteiger partial charge in [0, 0.05) is 33.6 Å². The minimum atomic E-state index is 0.620. The van der Waals surface area contributed by atoms with E-state index in [4.69, 9.17) is 4.98 Å². The largest absolute Gasteiger partial charge is 0.307 e. The second-order valence-electron chi connectivity index (χ2n) is 8.83. The van der Waals surface area contributed by atoms with Crippen molar-refractivity contribution in [3.63, 3.8) is 0 Å². The maximum absolute atomic E-state index is 5.00. The normalized spacial score (nSPS) is 12.5. The summed E-state index contributed by atoms with van der Waals surface area (Å²) in [5.41, 5.74) is 7.21. The number of rotatable bonds is 3. The highest BCUT2D eigenvalue weighted by atomic mass is 15.2. The molecule has 0 saturated heterocycles. The molecule has 0 atom stereocenters. The molecule has 0 N–H and O–H groups in total. The SMILES string of the molecule is CC(C)Cc1ccc2cnc3c(c2c1)N(c1ccccc1)c1cccc2cccc-3c12. The zero-order valence-corrected chi connectivity index (χ0v) is 17.8. The van der Waals surface area contributed by atoms with Gasteiger partial charge >= 0.3 is 0 Å². The molecule has 0 spiro atoms. The van der Waals surface area contributed by atoms with E-state index in [1.807, 2.05) is 6.20 Å². The van der Waals surface area contributed by atoms with Gasteiger partial charge in [0.15, 0.2) is 0 Å². The van der Waals surface area contributed by atoms with E-state index in [2.05, 4.69) is 104 Å². The van der Waals surface area contributed by atoms with Gasteiger partial charge < -0.3 is 4.90 Å². The third-order valence-electron chi connectivity index (χ3n) is 6.19. The molecule has 1 aliphatic rings. The zero-order chi connectivity index (χ0) is 20.9. The molecule has 0 saturated carbocycles. The van der Waals surface area contributed by atoms with Crippen molar-refractivity contribution in [3.8, 4) is 11.3 Å². The number of pyridine rings is 1. The number of para-hydroxylation sites is 1. The van der Waals surface area contributed by atoms with Crippen molar-refractivity contribution in [2.75, 3.05) is 4.90 Å². The Labute approximate surface area is 182 Å². The number of benzene rings is 4. The van der Waals surface area contributed by atoms with Crippen LogP contribution >= 0.6 is 0 Å². The van der Waals surface area contributed by atoms with Gasteiger partial charge in [0.2, 0.25) is 0 Å². The molecule has 0 unspecified atom stereocenters. The molecule has 1 aromatic heterocycles. The average molecular weight is 401 g/mol. The van der Waals surface area contributed by atoms with Crippen LogP contribution in [0, 0.1) is 5.92 Å². The van der Waals surface area contributed by atoms with E-state index < -0.39 is 0 Å². The summed E-state index contributed by atoms with van der Waals surface area (Å²) in [6.07, 6.45) is 3.10. The second kappa shape index (κ2) is 6.95. The van der Waals surface area contributed by atoms with Gasteiger partial charge in [-0.05, 0) is 47.6 Å². The zero-order valence-electron chi connectivity index (χ0n) is 17.8. The number of anilines is 3. The molecule has 150 valence electrons. The lowest BCUT2D eigenvalue weighted by molar-refractivity contribution is 0.648. The van der Waals surface area contributed by atoms with Crippen LogP contribution in [0.15, 0.2) is 91.1 Å². The van der Waals surface area contributed by atoms with Gasteiger partial charge in [0.1, 0.15) is 0 Å². The van der Waals surface area contributed by atoms with Gasteiger partial charge in [0.25, 0.3) is 0 Å². The molecule has 6 rings (SSSR count). The molecule has 1 aliphatic heterocycles. The Balaban J connectivity index is 1.75. The first kappa shape index (κ1) is 18.1. The third-order valence-corrected chi connectivity index (χ3v) is 6.19. The summed E-state index contributed by atoms with van der Waals surface area (Å²) >= 11 is 0. The summed E-state index contributed by atoms with van der Waals surface area (Å²) in [6.45, 7) is 4.55. The minimum absolute atomic E-state index is 0.620. The summed E-state index contributed by atoms with van der Waals surface area (Å²) in [6, 6.07) is 30.7. The Hall–Kier alpha value is -3.65. The number of nitrogens with zero attached hydrogens (tertiary/aromatic N) is 2. The van der Waals surface area contributed by atoms with Crippen LogP contribution in [0.25, 0.3) is 32.8 Å². The van der Waals surface area contributed by atoms with Crippen molar-refractivity contribution in [3.05, 3.63) is 96.7 Å². The fourth-order valence-corrected chi connectivity index (χ4v) is 4.94. The van der Waals surface area contributed by atoms with Gasteiger partial charge in [0.05, 0.1) is 17.1 Å². The Morgan fingerprint density at radius 2 is 1.61 bits per heavy atom. The first-order valence-electron chi connectivity index (χ1n) is 11.0. The molecular weight excluding hydrogens is 376 g/mol. The van der Waals surface area contributed by atoms with E-state index in [9.17, 15) is 0 Å². The molecular formula is C29H24N2. The monoisotopic (exact) mass is 400 g/mol. The van der Waals surface area contributed by atoms with Crippen molar-refractivity contribution in [2.24, 2.45) is 5.92 Å². The maximum atomic E-state index is 5.00. The van der Waals surface area contributed by atoms with Gasteiger partial charge in [-0.2, -0.15) is 0 Å². The summed E-state index contributed by atoms with van der Waals surface area (Å²) < 4.78 is 0. The van der Waals surface area contributed by atoms with Gasteiger partial charge in [-0.15, -0.1) is 0 Å². The highest BCUT2D eigenvalue weighted by Gasteiger charge is 2.28. The van der Waals surface area contributed by atoms with Crippen molar-refractivity contribution in [2.45, 2.75) is 20.3 Å². The van der Waals surface area contributed by atoms with Crippen LogP contribution in [0.5, 0.6) is 0 Å². The van der Waals surface area contributed by atoms with Crippen LogP contribution in [0.2, 0.25) is 0 Å². The first-order valence-corrected chi connectivity index (χ1v) is 11.0. The van der Waals surface area contributed by atoms with E-state index in [-0.39, 0.29) is 0 Å². The van der Waals surface area contributed by atoms with Gasteiger partial charge in [-0.3, -0.25) is 4.98 Å². The predicted molar refractivity (Wildman–Crippen MR) is 131 cm³/mol. The Bertz CT molecular complexity index is 1430. The number of hydrogen-bond donors (Lipinski definition) is 0. The fourth-order valence-electron chi connectivity index (χ4n) is 4.94. The van der Waals surface area contributed by atoms with E-state index in [1.54, 1.807) is 0 Å². The van der Waals surface area contributed by atoms with Crippen LogP contribution in [0.1, 0.15) is 19.4 Å². The lowest BCUT2D eigenvalue weighted by Gasteiger charge is -2.34.